The number of rotatable bonds is 5. The lowest BCUT2D eigenvalue weighted by Crippen LogP contribution is -2.41. The molecule has 1 saturated heterocycles. The first kappa shape index (κ1) is 28.5. The van der Waals surface area contributed by atoms with Crippen LogP contribution in [0.25, 0.3) is 0 Å². The Morgan fingerprint density at radius 2 is 1.26 bits per heavy atom. The summed E-state index contributed by atoms with van der Waals surface area (Å²) in [5, 5.41) is 19.3. The third-order valence-electron chi connectivity index (χ3n) is 5.62. The van der Waals surface area contributed by atoms with Crippen molar-refractivity contribution in [2.75, 3.05) is 0 Å². The number of hydrogen-bond donors (Lipinski definition) is 2. The van der Waals surface area contributed by atoms with Crippen LogP contribution in [0.4, 0.5) is 0 Å². The Morgan fingerprint density at radius 1 is 0.853 bits per heavy atom. The fourth-order valence-corrected chi connectivity index (χ4v) is 3.54. The maximum Gasteiger partial charge on any atom is 0.495 e. The van der Waals surface area contributed by atoms with Gasteiger partial charge in [0.15, 0.2) is 0 Å². The smallest absolute Gasteiger partial charge is 0.399 e. The summed E-state index contributed by atoms with van der Waals surface area (Å²) in [7, 11) is -0.542. The predicted octanol–water partition coefficient (Wildman–Crippen LogP) is 2.30. The second-order valence-corrected chi connectivity index (χ2v) is 11.9. The van der Waals surface area contributed by atoms with Crippen molar-refractivity contribution in [3.63, 3.8) is 0 Å². The van der Waals surface area contributed by atoms with Crippen LogP contribution in [0.2, 0.25) is 0 Å². The summed E-state index contributed by atoms with van der Waals surface area (Å²) < 4.78 is 15.6. The fraction of sp³-hybridized carbons (Fsp3) is 0.583. The Kier molecular flexibility index (Phi) is 8.48. The van der Waals surface area contributed by atoms with Crippen molar-refractivity contribution in [3.05, 3.63) is 61.8 Å². The van der Waals surface area contributed by atoms with Crippen LogP contribution in [0.3, 0.4) is 0 Å². The van der Waals surface area contributed by atoms with Gasteiger partial charge in [-0.2, -0.15) is 0 Å². The van der Waals surface area contributed by atoms with Gasteiger partial charge in [-0.05, 0) is 73.0 Å². The van der Waals surface area contributed by atoms with Gasteiger partial charge in [-0.15, -0.1) is 0 Å². The van der Waals surface area contributed by atoms with Crippen LogP contribution in [-0.4, -0.2) is 48.9 Å². The van der Waals surface area contributed by atoms with Crippen LogP contribution < -0.4 is 16.6 Å². The molecule has 0 amide bonds. The molecule has 0 bridgehead atoms. The average molecular weight is 539 g/mol. The largest absolute Gasteiger partial charge is 0.495 e. The van der Waals surface area contributed by atoms with Crippen LogP contribution >= 0.6 is 15.9 Å². The van der Waals surface area contributed by atoms with Crippen molar-refractivity contribution in [3.8, 4) is 0 Å². The third-order valence-corrected chi connectivity index (χ3v) is 6.11. The summed E-state index contributed by atoms with van der Waals surface area (Å²) in [5.74, 6) is 0. The summed E-state index contributed by atoms with van der Waals surface area (Å²) in [4.78, 5) is 23.5. The highest BCUT2D eigenvalue weighted by molar-refractivity contribution is 9.10. The molecule has 1 fully saturated rings. The van der Waals surface area contributed by atoms with E-state index in [1.807, 2.05) is 27.7 Å². The molecule has 0 spiro atoms. The zero-order chi connectivity index (χ0) is 26.1. The third kappa shape index (κ3) is 7.91. The molecule has 1 aliphatic rings. The minimum absolute atomic E-state index is 0.114. The molecule has 3 rings (SSSR count). The normalized spacial score (nSPS) is 17.3. The van der Waals surface area contributed by atoms with Gasteiger partial charge in [0.05, 0.1) is 35.5 Å². The Bertz CT molecular complexity index is 1100. The van der Waals surface area contributed by atoms with Gasteiger partial charge in [-0.3, -0.25) is 9.59 Å². The fourth-order valence-electron chi connectivity index (χ4n) is 3.23. The van der Waals surface area contributed by atoms with E-state index >= 15 is 0 Å². The lowest BCUT2D eigenvalue weighted by Gasteiger charge is -2.32. The zero-order valence-electron chi connectivity index (χ0n) is 21.3. The molecule has 10 heteroatoms. The molecule has 1 aliphatic heterocycles. The number of halogens is 1. The average Bonchev–Trinajstić information content (AvgIpc) is 2.85. The molecule has 0 aromatic carbocycles. The van der Waals surface area contributed by atoms with Gasteiger partial charge >= 0.3 is 7.12 Å². The maximum atomic E-state index is 12.1. The van der Waals surface area contributed by atoms with Crippen molar-refractivity contribution < 1.29 is 19.5 Å². The molecule has 2 aromatic rings. The van der Waals surface area contributed by atoms with E-state index in [-0.39, 0.29) is 17.7 Å². The zero-order valence-corrected chi connectivity index (χ0v) is 22.8. The van der Waals surface area contributed by atoms with Crippen molar-refractivity contribution in [2.24, 2.45) is 0 Å². The molecule has 0 aliphatic carbocycles. The molecular formula is C24H36BBrN2O6. The van der Waals surface area contributed by atoms with E-state index in [9.17, 15) is 19.8 Å². The van der Waals surface area contributed by atoms with E-state index in [0.29, 0.717) is 12.0 Å². The molecule has 2 aromatic heterocycles. The van der Waals surface area contributed by atoms with Crippen LogP contribution in [0, 0.1) is 0 Å². The number of aromatic nitrogens is 2. The summed E-state index contributed by atoms with van der Waals surface area (Å²) in [5.41, 5.74) is -2.25. The van der Waals surface area contributed by atoms with Crippen LogP contribution in [0.15, 0.2) is 50.7 Å². The van der Waals surface area contributed by atoms with Crippen molar-refractivity contribution in [1.29, 1.82) is 0 Å². The molecule has 3 heterocycles. The van der Waals surface area contributed by atoms with Gasteiger partial charge in [-0.1, -0.05) is 15.9 Å². The SMILES string of the molecule is CC(C)(O)Cn1ccc(B2OC(C)(C)C(C)(C)O2)cc1=O.CC(C)(O)Cn1ccc(Br)cc1=O. The van der Waals surface area contributed by atoms with Crippen molar-refractivity contribution in [2.45, 2.75) is 90.9 Å². The summed E-state index contributed by atoms with van der Waals surface area (Å²) in [6.45, 7) is 15.1. The standard InChI is InChI=1S/C15H24BNO4.C9H12BrNO2/c1-13(2,19)10-17-8-7-11(9-12(17)18)16-20-14(3,4)15(5,6)21-16;1-9(2,13)6-11-4-3-7(10)5-8(11)12/h7-9,19H,10H2,1-6H3;3-5,13H,6H2,1-2H3. The lowest BCUT2D eigenvalue weighted by atomic mass is 9.80. The van der Waals surface area contributed by atoms with Gasteiger partial charge in [0.25, 0.3) is 5.56 Å². The second-order valence-electron chi connectivity index (χ2n) is 11.0. The minimum atomic E-state index is -0.935. The number of nitrogens with zero attached hydrogens (tertiary/aromatic N) is 2. The molecule has 0 radical (unpaired) electrons. The number of pyridine rings is 2. The van der Waals surface area contributed by atoms with Gasteiger partial charge in [0.1, 0.15) is 0 Å². The quantitative estimate of drug-likeness (QED) is 0.566. The molecular weight excluding hydrogens is 503 g/mol. The van der Waals surface area contributed by atoms with Gasteiger partial charge in [-0.25, -0.2) is 0 Å². The first-order valence-electron chi connectivity index (χ1n) is 11.2. The molecule has 34 heavy (non-hydrogen) atoms. The van der Waals surface area contributed by atoms with Crippen LogP contribution in [0.5, 0.6) is 0 Å². The van der Waals surface area contributed by atoms with Gasteiger partial charge < -0.3 is 28.7 Å². The van der Waals surface area contributed by atoms with E-state index in [1.165, 1.54) is 21.3 Å². The van der Waals surface area contributed by atoms with Gasteiger partial charge in [0.2, 0.25) is 5.56 Å². The number of aliphatic hydroxyl groups is 2. The Labute approximate surface area is 209 Å². The Hall–Kier alpha value is -1.72. The van der Waals surface area contributed by atoms with Gasteiger partial charge in [0, 0.05) is 29.0 Å². The molecule has 0 unspecified atom stereocenters. The Morgan fingerprint density at radius 3 is 1.65 bits per heavy atom. The highest BCUT2D eigenvalue weighted by Gasteiger charge is 2.51. The summed E-state index contributed by atoms with van der Waals surface area (Å²) in [6, 6.07) is 6.56. The molecule has 188 valence electrons. The van der Waals surface area contributed by atoms with Crippen LogP contribution in [-0.2, 0) is 22.4 Å². The molecule has 0 atom stereocenters. The van der Waals surface area contributed by atoms with Crippen molar-refractivity contribution in [1.82, 2.24) is 9.13 Å². The van der Waals surface area contributed by atoms with E-state index in [0.717, 1.165) is 4.47 Å². The molecule has 2 N–H and O–H groups in total. The maximum absolute atomic E-state index is 12.1. The van der Waals surface area contributed by atoms with E-state index in [2.05, 4.69) is 15.9 Å². The highest BCUT2D eigenvalue weighted by Crippen LogP contribution is 2.36. The van der Waals surface area contributed by atoms with Crippen LogP contribution in [0.1, 0.15) is 55.4 Å². The predicted molar refractivity (Wildman–Crippen MR) is 137 cm³/mol. The summed E-state index contributed by atoms with van der Waals surface area (Å²) in [6.07, 6.45) is 3.32. The molecule has 0 saturated carbocycles. The van der Waals surface area contributed by atoms with Crippen molar-refractivity contribution >= 4 is 28.5 Å². The Balaban J connectivity index is 0.000000270. The summed E-state index contributed by atoms with van der Waals surface area (Å²) >= 11 is 3.20. The van der Waals surface area contributed by atoms with E-state index in [4.69, 9.17) is 9.31 Å². The first-order chi connectivity index (χ1) is 15.3. The highest BCUT2D eigenvalue weighted by atomic mass is 79.9. The second kappa shape index (κ2) is 10.1. The van der Waals surface area contributed by atoms with E-state index in [1.54, 1.807) is 52.2 Å². The topological polar surface area (TPSA) is 103 Å². The monoisotopic (exact) mass is 538 g/mol. The van der Waals surface area contributed by atoms with E-state index < -0.39 is 29.5 Å². The molecule has 8 nitrogen and oxygen atoms in total. The first-order valence-corrected chi connectivity index (χ1v) is 12.0. The lowest BCUT2D eigenvalue weighted by molar-refractivity contribution is 0.00578. The number of hydrogen-bond acceptors (Lipinski definition) is 6. The minimum Gasteiger partial charge on any atom is -0.399 e.